The predicted octanol–water partition coefficient (Wildman–Crippen LogP) is 10.6. The van der Waals surface area contributed by atoms with Crippen LogP contribution in [-0.4, -0.2) is 47.6 Å². The van der Waals surface area contributed by atoms with Crippen LogP contribution >= 0.6 is 0 Å². The van der Waals surface area contributed by atoms with Crippen molar-refractivity contribution in [2.75, 3.05) is 13.2 Å². The second-order valence-electron chi connectivity index (χ2n) is 14.3. The van der Waals surface area contributed by atoms with E-state index in [1.807, 2.05) is 13.8 Å². The van der Waals surface area contributed by atoms with Gasteiger partial charge in [-0.2, -0.15) is 0 Å². The summed E-state index contributed by atoms with van der Waals surface area (Å²) in [7, 11) is -2.72. The van der Waals surface area contributed by atoms with Gasteiger partial charge in [0.25, 0.3) is 0 Å². The Morgan fingerprint density at radius 3 is 1.23 bits per heavy atom. The number of rotatable bonds is 26. The summed E-state index contributed by atoms with van der Waals surface area (Å²) in [4.78, 5) is 36.0. The van der Waals surface area contributed by atoms with Crippen molar-refractivity contribution < 1.29 is 23.9 Å². The number of esters is 2. The van der Waals surface area contributed by atoms with E-state index in [4.69, 9.17) is 9.47 Å². The molecule has 0 aromatic carbocycles. The molecular formula is C36H66O5Si2. The molecule has 0 aliphatic rings. The average Bonchev–Trinajstić information content (AvgIpc) is 2.91. The molecule has 0 atom stereocenters. The fourth-order valence-electron chi connectivity index (χ4n) is 5.09. The van der Waals surface area contributed by atoms with Gasteiger partial charge in [-0.05, 0) is 82.9 Å². The van der Waals surface area contributed by atoms with Crippen molar-refractivity contribution in [2.24, 2.45) is 0 Å². The van der Waals surface area contributed by atoms with Crippen LogP contribution in [0.4, 0.5) is 0 Å². The van der Waals surface area contributed by atoms with Crippen LogP contribution in [0.2, 0.25) is 51.4 Å². The normalized spacial score (nSPS) is 13.3. The van der Waals surface area contributed by atoms with Crippen molar-refractivity contribution in [2.45, 2.75) is 162 Å². The molecule has 0 aromatic heterocycles. The molecule has 0 amide bonds. The first-order valence-corrected chi connectivity index (χ1v) is 24.6. The van der Waals surface area contributed by atoms with E-state index in [1.165, 1.54) is 32.1 Å². The van der Waals surface area contributed by atoms with Crippen LogP contribution in [0.3, 0.4) is 0 Å². The van der Waals surface area contributed by atoms with Gasteiger partial charge in [0, 0.05) is 27.3 Å². The Labute approximate surface area is 267 Å². The van der Waals surface area contributed by atoms with Crippen molar-refractivity contribution in [1.29, 1.82) is 0 Å². The Balaban J connectivity index is 4.09. The Morgan fingerprint density at radius 1 is 0.535 bits per heavy atom. The van der Waals surface area contributed by atoms with E-state index < -0.39 is 16.1 Å². The van der Waals surface area contributed by atoms with Crippen LogP contribution in [0.5, 0.6) is 0 Å². The lowest BCUT2D eigenvalue weighted by Gasteiger charge is -2.17. The zero-order chi connectivity index (χ0) is 32.6. The number of hydrogen-bond acceptors (Lipinski definition) is 5. The molecule has 0 unspecified atom stereocenters. The quantitative estimate of drug-likeness (QED) is 0.0311. The third kappa shape index (κ3) is 25.3. The third-order valence-corrected chi connectivity index (χ3v) is 10.1. The van der Waals surface area contributed by atoms with Gasteiger partial charge in [-0.15, -0.1) is 0 Å². The van der Waals surface area contributed by atoms with Crippen LogP contribution in [0, 0.1) is 0 Å². The van der Waals surface area contributed by atoms with Gasteiger partial charge in [-0.3, -0.25) is 4.79 Å². The van der Waals surface area contributed by atoms with E-state index in [2.05, 4.69) is 57.5 Å². The molecule has 0 saturated heterocycles. The number of hydrogen-bond donors (Lipinski definition) is 0. The van der Waals surface area contributed by atoms with Crippen LogP contribution in [0.1, 0.15) is 110 Å². The van der Waals surface area contributed by atoms with Crippen LogP contribution in [-0.2, 0) is 23.9 Å². The second kappa shape index (κ2) is 24.6. The maximum Gasteiger partial charge on any atom is 0.333 e. The maximum atomic E-state index is 12.3. The molecule has 0 aliphatic carbocycles. The molecule has 0 heterocycles. The van der Waals surface area contributed by atoms with E-state index in [1.54, 1.807) is 0 Å². The van der Waals surface area contributed by atoms with Crippen molar-refractivity contribution in [3.63, 3.8) is 0 Å². The van der Waals surface area contributed by atoms with Crippen LogP contribution in [0.25, 0.3) is 0 Å². The number of unbranched alkanes of at least 4 members (excludes halogenated alkanes) is 12. The summed E-state index contributed by atoms with van der Waals surface area (Å²) in [6.45, 7) is 18.3. The molecule has 0 aromatic rings. The van der Waals surface area contributed by atoms with Gasteiger partial charge >= 0.3 is 11.9 Å². The summed E-state index contributed by atoms with van der Waals surface area (Å²) in [5.41, 5.74) is 2.70. The lowest BCUT2D eigenvalue weighted by molar-refractivity contribution is -0.139. The highest BCUT2D eigenvalue weighted by molar-refractivity contribution is 6.77. The number of aldehydes is 1. The lowest BCUT2D eigenvalue weighted by atomic mass is 10.0. The molecule has 0 N–H and O–H groups in total. The first kappa shape index (κ1) is 41.3. The van der Waals surface area contributed by atoms with Crippen LogP contribution < -0.4 is 0 Å². The standard InChI is InChI=1S/C36H66O5Si2/c1-9-40-35(38)33(30-42(3,4)5)27-23-19-14-12-11-13-17-21-25-32(29-37)26-22-18-15-16-20-24-28-34(31-43(6,7)8)36(39)41-10-2/h25,27-29H,9-24,26,30-31H2,1-8H3/b32-25-,33-27+,34-28+. The molecule has 0 aliphatic heterocycles. The smallest absolute Gasteiger partial charge is 0.333 e. The van der Waals surface area contributed by atoms with Gasteiger partial charge in [-0.1, -0.05) is 102 Å². The Bertz CT molecular complexity index is 875. The first-order chi connectivity index (χ1) is 20.3. The molecule has 5 nitrogen and oxygen atoms in total. The van der Waals surface area contributed by atoms with Gasteiger partial charge in [0.15, 0.2) is 0 Å². The maximum absolute atomic E-state index is 12.3. The van der Waals surface area contributed by atoms with Gasteiger partial charge in [0.1, 0.15) is 6.29 Å². The molecule has 0 spiro atoms. The minimum Gasteiger partial charge on any atom is -0.463 e. The van der Waals surface area contributed by atoms with Gasteiger partial charge in [-0.25, -0.2) is 9.59 Å². The summed E-state index contributed by atoms with van der Waals surface area (Å²) < 4.78 is 10.5. The van der Waals surface area contributed by atoms with E-state index in [9.17, 15) is 14.4 Å². The highest BCUT2D eigenvalue weighted by Crippen LogP contribution is 2.21. The summed E-state index contributed by atoms with van der Waals surface area (Å²) in [6.07, 6.45) is 23.9. The van der Waals surface area contributed by atoms with E-state index in [-0.39, 0.29) is 11.9 Å². The van der Waals surface area contributed by atoms with Gasteiger partial charge < -0.3 is 9.47 Å². The highest BCUT2D eigenvalue weighted by Gasteiger charge is 2.21. The molecule has 0 radical (unpaired) electrons. The Morgan fingerprint density at radius 2 is 0.884 bits per heavy atom. The molecule has 0 saturated carbocycles. The predicted molar refractivity (Wildman–Crippen MR) is 189 cm³/mol. The van der Waals surface area contributed by atoms with E-state index in [0.717, 1.165) is 99.3 Å². The summed E-state index contributed by atoms with van der Waals surface area (Å²) in [5, 5.41) is 0. The fourth-order valence-corrected chi connectivity index (χ4v) is 7.96. The van der Waals surface area contributed by atoms with Gasteiger partial charge in [0.2, 0.25) is 0 Å². The number of carbonyl (C=O) groups is 3. The number of carbonyl (C=O) groups excluding carboxylic acids is 3. The topological polar surface area (TPSA) is 69.7 Å². The molecule has 0 rings (SSSR count). The summed E-state index contributed by atoms with van der Waals surface area (Å²) in [5.74, 6) is -0.266. The van der Waals surface area contributed by atoms with Gasteiger partial charge in [0.05, 0.1) is 13.2 Å². The summed E-state index contributed by atoms with van der Waals surface area (Å²) in [6, 6.07) is 1.77. The Hall–Kier alpha value is -1.74. The van der Waals surface area contributed by atoms with Crippen LogP contribution in [0.15, 0.2) is 34.9 Å². The molecule has 7 heteroatoms. The zero-order valence-corrected chi connectivity index (χ0v) is 31.3. The first-order valence-electron chi connectivity index (χ1n) is 17.2. The Kier molecular flexibility index (Phi) is 23.6. The minimum atomic E-state index is -1.37. The number of ether oxygens (including phenoxy) is 2. The van der Waals surface area contributed by atoms with E-state index >= 15 is 0 Å². The zero-order valence-electron chi connectivity index (χ0n) is 29.3. The van der Waals surface area contributed by atoms with Crippen molar-refractivity contribution in [1.82, 2.24) is 0 Å². The minimum absolute atomic E-state index is 0.129. The third-order valence-electron chi connectivity index (χ3n) is 7.18. The SMILES string of the molecule is CCOC(=O)/C(=C/CCCCCCCC/C=C(\C=O)CCCCCCC/C=C(\C[Si](C)(C)C)C(=O)OCC)C[Si](C)(C)C. The monoisotopic (exact) mass is 634 g/mol. The molecule has 43 heavy (non-hydrogen) atoms. The largest absolute Gasteiger partial charge is 0.463 e. The average molecular weight is 635 g/mol. The molecule has 248 valence electrons. The lowest BCUT2D eigenvalue weighted by Crippen LogP contribution is -2.23. The molecule has 0 fully saturated rings. The second-order valence-corrected chi connectivity index (χ2v) is 25.2. The fraction of sp³-hybridized carbons (Fsp3) is 0.750. The van der Waals surface area contributed by atoms with E-state index in [0.29, 0.717) is 13.2 Å². The number of allylic oxidation sites excluding steroid dienone is 4. The van der Waals surface area contributed by atoms with Crippen molar-refractivity contribution >= 4 is 34.4 Å². The van der Waals surface area contributed by atoms with Crippen molar-refractivity contribution in [3.8, 4) is 0 Å². The highest BCUT2D eigenvalue weighted by atomic mass is 28.3. The molecular weight excluding hydrogens is 569 g/mol. The summed E-state index contributed by atoms with van der Waals surface area (Å²) >= 11 is 0. The molecule has 0 bridgehead atoms. The van der Waals surface area contributed by atoms with Crippen molar-refractivity contribution in [3.05, 3.63) is 34.9 Å².